The summed E-state index contributed by atoms with van der Waals surface area (Å²) in [6.45, 7) is 5.30. The zero-order chi connectivity index (χ0) is 13.7. The second-order valence-electron chi connectivity index (χ2n) is 4.72. The maximum Gasteiger partial charge on any atom is 0.310 e. The van der Waals surface area contributed by atoms with E-state index in [1.54, 1.807) is 13.8 Å². The monoisotopic (exact) mass is 248 g/mol. The van der Waals surface area contributed by atoms with Crippen LogP contribution in [0.25, 0.3) is 0 Å². The average molecular weight is 248 g/mol. The van der Waals surface area contributed by atoms with E-state index in [2.05, 4.69) is 0 Å². The molecule has 0 spiro atoms. The molecule has 3 nitrogen and oxygen atoms in total. The summed E-state index contributed by atoms with van der Waals surface area (Å²) in [5, 5.41) is 8.92. The number of aliphatic carboxylic acids is 1. The van der Waals surface area contributed by atoms with Gasteiger partial charge in [-0.3, -0.25) is 9.59 Å². The maximum atomic E-state index is 11.4. The van der Waals surface area contributed by atoms with Crippen LogP contribution < -0.4 is 0 Å². The lowest BCUT2D eigenvalue weighted by Gasteiger charge is -2.12. The van der Waals surface area contributed by atoms with Crippen molar-refractivity contribution in [1.82, 2.24) is 0 Å². The van der Waals surface area contributed by atoms with Crippen LogP contribution >= 0.6 is 0 Å². The van der Waals surface area contributed by atoms with Crippen LogP contribution in [0.15, 0.2) is 24.3 Å². The molecular weight excluding hydrogens is 228 g/mol. The highest BCUT2D eigenvalue weighted by molar-refractivity contribution is 5.78. The predicted molar refractivity (Wildman–Crippen MR) is 70.7 cm³/mol. The van der Waals surface area contributed by atoms with Crippen molar-refractivity contribution in [3.05, 3.63) is 35.4 Å². The fraction of sp³-hybridized carbons (Fsp3) is 0.467. The van der Waals surface area contributed by atoms with Gasteiger partial charge in [0.25, 0.3) is 0 Å². The Bertz CT molecular complexity index is 420. The third kappa shape index (κ3) is 3.69. The van der Waals surface area contributed by atoms with Crippen LogP contribution in [0.1, 0.15) is 44.2 Å². The fourth-order valence-corrected chi connectivity index (χ4v) is 1.95. The van der Waals surface area contributed by atoms with Crippen LogP contribution in [0.4, 0.5) is 0 Å². The molecule has 1 aromatic carbocycles. The number of carboxylic acids is 1. The molecule has 2 unspecified atom stereocenters. The molecule has 0 saturated carbocycles. The number of benzene rings is 1. The van der Waals surface area contributed by atoms with Gasteiger partial charge in [0, 0.05) is 5.92 Å². The lowest BCUT2D eigenvalue weighted by Crippen LogP contribution is -2.13. The molecule has 0 aliphatic carbocycles. The van der Waals surface area contributed by atoms with Crippen LogP contribution in [-0.4, -0.2) is 16.9 Å². The van der Waals surface area contributed by atoms with Gasteiger partial charge in [0.15, 0.2) is 0 Å². The van der Waals surface area contributed by atoms with Crippen molar-refractivity contribution in [2.24, 2.45) is 5.92 Å². The third-order valence-corrected chi connectivity index (χ3v) is 3.40. The fourth-order valence-electron chi connectivity index (χ4n) is 1.95. The Morgan fingerprint density at radius 3 is 2.17 bits per heavy atom. The normalized spacial score (nSPS) is 13.9. The number of ketones is 1. The summed E-state index contributed by atoms with van der Waals surface area (Å²) >= 11 is 0. The Morgan fingerprint density at radius 1 is 1.22 bits per heavy atom. The van der Waals surface area contributed by atoms with Gasteiger partial charge in [0.05, 0.1) is 5.92 Å². The molecule has 2 atom stereocenters. The number of hydrogen-bond donors (Lipinski definition) is 1. The minimum atomic E-state index is -0.821. The average Bonchev–Trinajstić information content (AvgIpc) is 2.35. The molecule has 1 rings (SSSR count). The first-order valence-electron chi connectivity index (χ1n) is 6.27. The van der Waals surface area contributed by atoms with Crippen molar-refractivity contribution >= 4 is 11.8 Å². The molecule has 0 saturated heterocycles. The molecular formula is C15H20O3. The first kappa shape index (κ1) is 14.4. The quantitative estimate of drug-likeness (QED) is 0.841. The first-order chi connectivity index (χ1) is 8.45. The molecule has 0 heterocycles. The summed E-state index contributed by atoms with van der Waals surface area (Å²) < 4.78 is 0. The molecule has 1 N–H and O–H groups in total. The number of Topliss-reactive ketones (excluding diaryl/α,β-unsaturated/α-hetero) is 1. The van der Waals surface area contributed by atoms with Crippen LogP contribution in [-0.2, 0) is 16.0 Å². The van der Waals surface area contributed by atoms with E-state index in [1.165, 1.54) is 0 Å². The molecule has 98 valence electrons. The molecule has 0 fully saturated rings. The lowest BCUT2D eigenvalue weighted by molar-refractivity contribution is -0.138. The Balaban J connectivity index is 2.77. The summed E-state index contributed by atoms with van der Waals surface area (Å²) in [5.41, 5.74) is 1.88. The first-order valence-corrected chi connectivity index (χ1v) is 6.27. The van der Waals surface area contributed by atoms with Crippen molar-refractivity contribution in [2.45, 2.75) is 39.5 Å². The van der Waals surface area contributed by atoms with Gasteiger partial charge in [0.2, 0.25) is 0 Å². The molecule has 18 heavy (non-hydrogen) atoms. The van der Waals surface area contributed by atoms with E-state index in [1.807, 2.05) is 31.2 Å². The molecule has 0 bridgehead atoms. The largest absolute Gasteiger partial charge is 0.481 e. The predicted octanol–water partition coefficient (Wildman–Crippen LogP) is 3.03. The number of hydrogen-bond acceptors (Lipinski definition) is 2. The number of rotatable bonds is 6. The van der Waals surface area contributed by atoms with Crippen molar-refractivity contribution in [1.29, 1.82) is 0 Å². The lowest BCUT2D eigenvalue weighted by atomic mass is 9.92. The Labute approximate surface area is 108 Å². The van der Waals surface area contributed by atoms with Crippen LogP contribution in [0, 0.1) is 5.92 Å². The van der Waals surface area contributed by atoms with Crippen molar-refractivity contribution in [3.63, 3.8) is 0 Å². The number of carbonyl (C=O) groups excluding carboxylic acids is 1. The minimum Gasteiger partial charge on any atom is -0.481 e. The molecule has 3 heteroatoms. The van der Waals surface area contributed by atoms with E-state index >= 15 is 0 Å². The third-order valence-electron chi connectivity index (χ3n) is 3.40. The van der Waals surface area contributed by atoms with Gasteiger partial charge in [-0.25, -0.2) is 0 Å². The van der Waals surface area contributed by atoms with Crippen molar-refractivity contribution in [2.75, 3.05) is 0 Å². The molecule has 0 radical (unpaired) electrons. The summed E-state index contributed by atoms with van der Waals surface area (Å²) in [6.07, 6.45) is 1.57. The van der Waals surface area contributed by atoms with Gasteiger partial charge in [0.1, 0.15) is 5.78 Å². The van der Waals surface area contributed by atoms with E-state index in [4.69, 9.17) is 5.11 Å². The second kappa shape index (κ2) is 6.34. The molecule has 1 aromatic rings. The van der Waals surface area contributed by atoms with E-state index in [0.29, 0.717) is 0 Å². The molecule has 0 aliphatic rings. The van der Waals surface area contributed by atoms with E-state index in [9.17, 15) is 9.59 Å². The van der Waals surface area contributed by atoms with E-state index in [0.717, 1.165) is 24.0 Å². The van der Waals surface area contributed by atoms with Gasteiger partial charge < -0.3 is 5.11 Å². The Morgan fingerprint density at radius 2 is 1.78 bits per heavy atom. The zero-order valence-corrected chi connectivity index (χ0v) is 11.1. The van der Waals surface area contributed by atoms with Crippen molar-refractivity contribution in [3.8, 4) is 0 Å². The van der Waals surface area contributed by atoms with Gasteiger partial charge in [-0.1, -0.05) is 31.2 Å². The van der Waals surface area contributed by atoms with E-state index < -0.39 is 11.9 Å². The Hall–Kier alpha value is -1.64. The SMILES string of the molecule is CCC(Cc1ccc(C(C)C(=O)O)cc1)C(C)=O. The zero-order valence-electron chi connectivity index (χ0n) is 11.1. The highest BCUT2D eigenvalue weighted by Crippen LogP contribution is 2.18. The smallest absolute Gasteiger partial charge is 0.310 e. The summed E-state index contributed by atoms with van der Waals surface area (Å²) in [4.78, 5) is 22.2. The van der Waals surface area contributed by atoms with Gasteiger partial charge >= 0.3 is 5.97 Å². The molecule has 0 amide bonds. The van der Waals surface area contributed by atoms with Gasteiger partial charge in [-0.15, -0.1) is 0 Å². The summed E-state index contributed by atoms with van der Waals surface area (Å²) in [6, 6.07) is 7.50. The number of carbonyl (C=O) groups is 2. The highest BCUT2D eigenvalue weighted by atomic mass is 16.4. The summed E-state index contributed by atoms with van der Waals surface area (Å²) in [5.74, 6) is -1.04. The topological polar surface area (TPSA) is 54.4 Å². The summed E-state index contributed by atoms with van der Waals surface area (Å²) in [7, 11) is 0. The van der Waals surface area contributed by atoms with Crippen LogP contribution in [0.2, 0.25) is 0 Å². The maximum absolute atomic E-state index is 11.4. The van der Waals surface area contributed by atoms with Crippen LogP contribution in [0.5, 0.6) is 0 Å². The van der Waals surface area contributed by atoms with Gasteiger partial charge in [-0.2, -0.15) is 0 Å². The molecule has 0 aromatic heterocycles. The van der Waals surface area contributed by atoms with E-state index in [-0.39, 0.29) is 11.7 Å². The molecule has 0 aliphatic heterocycles. The standard InChI is InChI=1S/C15H20O3/c1-4-13(11(3)16)9-12-5-7-14(8-6-12)10(2)15(17)18/h5-8,10,13H,4,9H2,1-3H3,(H,17,18). The van der Waals surface area contributed by atoms with Crippen LogP contribution in [0.3, 0.4) is 0 Å². The number of carboxylic acid groups (broad SMARTS) is 1. The second-order valence-corrected chi connectivity index (χ2v) is 4.72. The highest BCUT2D eigenvalue weighted by Gasteiger charge is 2.15. The van der Waals surface area contributed by atoms with Gasteiger partial charge in [-0.05, 0) is 37.8 Å². The Kier molecular flexibility index (Phi) is 5.08. The minimum absolute atomic E-state index is 0.0627. The van der Waals surface area contributed by atoms with Crippen molar-refractivity contribution < 1.29 is 14.7 Å².